The van der Waals surface area contributed by atoms with Crippen molar-refractivity contribution in [1.82, 2.24) is 4.90 Å². The van der Waals surface area contributed by atoms with E-state index in [2.05, 4.69) is 13.8 Å². The van der Waals surface area contributed by atoms with Gasteiger partial charge < -0.3 is 14.4 Å². The van der Waals surface area contributed by atoms with Crippen LogP contribution in [0.5, 0.6) is 0 Å². The first kappa shape index (κ1) is 21.3. The molecule has 0 aliphatic carbocycles. The van der Waals surface area contributed by atoms with E-state index in [1.807, 2.05) is 26.8 Å². The second kappa shape index (κ2) is 8.55. The third-order valence-electron chi connectivity index (χ3n) is 4.33. The maximum absolute atomic E-state index is 12.2. The van der Waals surface area contributed by atoms with Crippen molar-refractivity contribution in [3.8, 4) is 6.07 Å². The number of carbonyl (C=O) groups excluding carboxylic acids is 2. The molecule has 1 saturated heterocycles. The maximum Gasteiger partial charge on any atom is 0.410 e. The molecule has 25 heavy (non-hydrogen) atoms. The van der Waals surface area contributed by atoms with Crippen molar-refractivity contribution < 1.29 is 19.1 Å². The molecule has 1 atom stereocenters. The van der Waals surface area contributed by atoms with Crippen LogP contribution in [0, 0.1) is 22.7 Å². The van der Waals surface area contributed by atoms with Crippen LogP contribution in [0.15, 0.2) is 0 Å². The number of rotatable bonds is 5. The van der Waals surface area contributed by atoms with Gasteiger partial charge in [0.05, 0.1) is 6.42 Å². The van der Waals surface area contributed by atoms with Crippen LogP contribution in [0.2, 0.25) is 0 Å². The fourth-order valence-corrected chi connectivity index (χ4v) is 3.38. The molecule has 0 aromatic rings. The summed E-state index contributed by atoms with van der Waals surface area (Å²) < 4.78 is 10.6. The molecule has 0 bridgehead atoms. The first-order valence-electron chi connectivity index (χ1n) is 9.03. The summed E-state index contributed by atoms with van der Waals surface area (Å²) >= 11 is 0. The number of nitrogens with zero attached hydrogens (tertiary/aromatic N) is 2. The second-order valence-corrected chi connectivity index (χ2v) is 8.50. The van der Waals surface area contributed by atoms with Gasteiger partial charge in [-0.1, -0.05) is 13.8 Å². The molecule has 0 radical (unpaired) electrons. The van der Waals surface area contributed by atoms with E-state index in [0.29, 0.717) is 25.4 Å². The molecule has 1 aliphatic heterocycles. The highest BCUT2D eigenvalue weighted by atomic mass is 16.6. The molecule has 0 aromatic heterocycles. The Labute approximate surface area is 151 Å². The summed E-state index contributed by atoms with van der Waals surface area (Å²) in [4.78, 5) is 26.1. The highest BCUT2D eigenvalue weighted by molar-refractivity contribution is 5.71. The molecular formula is C19H32N2O4. The largest absolute Gasteiger partial charge is 0.447 e. The Balaban J connectivity index is 2.72. The molecular weight excluding hydrogens is 320 g/mol. The van der Waals surface area contributed by atoms with Crippen LogP contribution in [-0.2, 0) is 14.3 Å². The van der Waals surface area contributed by atoms with E-state index in [1.165, 1.54) is 0 Å². The van der Waals surface area contributed by atoms with Crippen LogP contribution in [0.3, 0.4) is 0 Å². The van der Waals surface area contributed by atoms with E-state index >= 15 is 0 Å². The normalized spacial score (nSPS) is 18.4. The minimum Gasteiger partial charge on any atom is -0.447 e. The van der Waals surface area contributed by atoms with Gasteiger partial charge in [0.25, 0.3) is 0 Å². The molecule has 142 valence electrons. The lowest BCUT2D eigenvalue weighted by Gasteiger charge is -2.42. The molecule has 1 aliphatic rings. The van der Waals surface area contributed by atoms with Gasteiger partial charge in [-0.3, -0.25) is 4.79 Å². The van der Waals surface area contributed by atoms with Gasteiger partial charge in [0, 0.05) is 13.1 Å². The van der Waals surface area contributed by atoms with Gasteiger partial charge in [0.2, 0.25) is 0 Å². The molecule has 6 heteroatoms. The van der Waals surface area contributed by atoms with Crippen LogP contribution in [-0.4, -0.2) is 41.8 Å². The number of carbonyl (C=O) groups is 2. The lowest BCUT2D eigenvalue weighted by atomic mass is 9.70. The molecule has 1 amide bonds. The summed E-state index contributed by atoms with van der Waals surface area (Å²) in [5.41, 5.74) is -0.695. The van der Waals surface area contributed by atoms with Crippen LogP contribution in [0.4, 0.5) is 4.79 Å². The number of ether oxygens (including phenoxy) is 2. The molecule has 1 fully saturated rings. The van der Waals surface area contributed by atoms with E-state index in [1.54, 1.807) is 11.8 Å². The summed E-state index contributed by atoms with van der Waals surface area (Å²) in [6.45, 7) is 12.5. The highest BCUT2D eigenvalue weighted by Crippen LogP contribution is 2.41. The average Bonchev–Trinajstić information content (AvgIpc) is 2.44. The SMILES string of the molecule is CC(C)CC1(CC(=O)OC(C)C#N)CCN(C(=O)OC(C)(C)C)CC1. The first-order chi connectivity index (χ1) is 11.5. The van der Waals surface area contributed by atoms with E-state index in [4.69, 9.17) is 14.7 Å². The van der Waals surface area contributed by atoms with Gasteiger partial charge in [0.15, 0.2) is 6.10 Å². The lowest BCUT2D eigenvalue weighted by molar-refractivity contribution is -0.149. The number of piperidine rings is 1. The number of esters is 1. The zero-order chi connectivity index (χ0) is 19.3. The molecule has 0 saturated carbocycles. The molecule has 0 spiro atoms. The van der Waals surface area contributed by atoms with Crippen molar-refractivity contribution in [3.63, 3.8) is 0 Å². The first-order valence-corrected chi connectivity index (χ1v) is 9.03. The van der Waals surface area contributed by atoms with Crippen LogP contribution < -0.4 is 0 Å². The van der Waals surface area contributed by atoms with Crippen molar-refractivity contribution in [2.24, 2.45) is 11.3 Å². The van der Waals surface area contributed by atoms with Gasteiger partial charge in [-0.15, -0.1) is 0 Å². The van der Waals surface area contributed by atoms with Crippen molar-refractivity contribution in [1.29, 1.82) is 5.26 Å². The molecule has 0 N–H and O–H groups in total. The van der Waals surface area contributed by atoms with E-state index in [9.17, 15) is 9.59 Å². The Kier molecular flexibility index (Phi) is 7.28. The third-order valence-corrected chi connectivity index (χ3v) is 4.33. The highest BCUT2D eigenvalue weighted by Gasteiger charge is 2.39. The summed E-state index contributed by atoms with van der Waals surface area (Å²) in [6.07, 6.45) is 1.63. The van der Waals surface area contributed by atoms with E-state index < -0.39 is 11.7 Å². The molecule has 6 nitrogen and oxygen atoms in total. The van der Waals surface area contributed by atoms with Gasteiger partial charge in [-0.25, -0.2) is 4.79 Å². The predicted molar refractivity (Wildman–Crippen MR) is 94.7 cm³/mol. The van der Waals surface area contributed by atoms with E-state index in [0.717, 1.165) is 19.3 Å². The van der Waals surface area contributed by atoms with E-state index in [-0.39, 0.29) is 17.5 Å². The minimum atomic E-state index is -0.731. The van der Waals surface area contributed by atoms with Crippen molar-refractivity contribution in [3.05, 3.63) is 0 Å². The van der Waals surface area contributed by atoms with Crippen molar-refractivity contribution in [2.45, 2.75) is 78.9 Å². The fourth-order valence-electron chi connectivity index (χ4n) is 3.38. The second-order valence-electron chi connectivity index (χ2n) is 8.50. The zero-order valence-corrected chi connectivity index (χ0v) is 16.4. The molecule has 1 unspecified atom stereocenters. The summed E-state index contributed by atoms with van der Waals surface area (Å²) in [6, 6.07) is 1.92. The topological polar surface area (TPSA) is 79.6 Å². The molecule has 0 aromatic carbocycles. The van der Waals surface area contributed by atoms with Gasteiger partial charge in [-0.05, 0) is 58.3 Å². The van der Waals surface area contributed by atoms with Crippen molar-refractivity contribution in [2.75, 3.05) is 13.1 Å². The number of hydrogen-bond acceptors (Lipinski definition) is 5. The van der Waals surface area contributed by atoms with Crippen molar-refractivity contribution >= 4 is 12.1 Å². The quantitative estimate of drug-likeness (QED) is 0.701. The summed E-state index contributed by atoms with van der Waals surface area (Å²) in [5.74, 6) is 0.106. The Hall–Kier alpha value is -1.77. The Morgan fingerprint density at radius 3 is 2.20 bits per heavy atom. The Morgan fingerprint density at radius 1 is 1.20 bits per heavy atom. The molecule has 1 rings (SSSR count). The van der Waals surface area contributed by atoms with Gasteiger partial charge in [0.1, 0.15) is 11.7 Å². The standard InChI is InChI=1S/C19H32N2O4/c1-14(2)11-19(12-16(22)24-15(3)13-20)7-9-21(10-8-19)17(23)25-18(4,5)6/h14-15H,7-12H2,1-6H3. The third kappa shape index (κ3) is 7.33. The van der Waals surface area contributed by atoms with Gasteiger partial charge in [-0.2, -0.15) is 5.26 Å². The minimum absolute atomic E-state index is 0.182. The summed E-state index contributed by atoms with van der Waals surface area (Å²) in [5, 5.41) is 8.80. The summed E-state index contributed by atoms with van der Waals surface area (Å²) in [7, 11) is 0. The number of amides is 1. The smallest absolute Gasteiger partial charge is 0.410 e. The van der Waals surface area contributed by atoms with Crippen LogP contribution in [0.1, 0.15) is 67.2 Å². The number of hydrogen-bond donors (Lipinski definition) is 0. The average molecular weight is 352 g/mol. The number of likely N-dealkylation sites (tertiary alicyclic amines) is 1. The fraction of sp³-hybridized carbons (Fsp3) is 0.842. The van der Waals surface area contributed by atoms with Crippen LogP contribution in [0.25, 0.3) is 0 Å². The van der Waals surface area contributed by atoms with Gasteiger partial charge >= 0.3 is 12.1 Å². The Bertz CT molecular complexity index is 508. The predicted octanol–water partition coefficient (Wildman–Crippen LogP) is 3.90. The lowest BCUT2D eigenvalue weighted by Crippen LogP contribution is -2.46. The Morgan fingerprint density at radius 2 is 1.76 bits per heavy atom. The number of nitriles is 1. The monoisotopic (exact) mass is 352 g/mol. The van der Waals surface area contributed by atoms with Crippen LogP contribution >= 0.6 is 0 Å². The molecule has 1 heterocycles. The zero-order valence-electron chi connectivity index (χ0n) is 16.4. The maximum atomic E-state index is 12.2.